The maximum atomic E-state index is 8.48. The van der Waals surface area contributed by atoms with Crippen LogP contribution in [-0.4, -0.2) is 0 Å². The molecule has 1 aromatic rings. The van der Waals surface area contributed by atoms with Crippen LogP contribution in [0, 0.1) is 0 Å². The molecule has 0 aliphatic rings. The average molecular weight is 206 g/mol. The van der Waals surface area contributed by atoms with Crippen molar-refractivity contribution in [3.05, 3.63) is 42.5 Å². The van der Waals surface area contributed by atoms with Crippen LogP contribution in [0.1, 0.15) is 5.56 Å². The summed E-state index contributed by atoms with van der Waals surface area (Å²) in [5.41, 5.74) is 1.17. The third kappa shape index (κ3) is 12.0. The van der Waals surface area contributed by atoms with Gasteiger partial charge in [-0.05, 0) is 5.56 Å². The Labute approximate surface area is 100 Å². The summed E-state index contributed by atoms with van der Waals surface area (Å²) in [5.74, 6) is 0. The summed E-state index contributed by atoms with van der Waals surface area (Å²) in [7, 11) is -3.37. The second-order valence-corrected chi connectivity index (χ2v) is 2.29. The Morgan fingerprint density at radius 3 is 1.85 bits per heavy atom. The first-order valence-corrected chi connectivity index (χ1v) is 4.25. The number of hydrogen-bond donors (Lipinski definition) is 0. The fourth-order valence-corrected chi connectivity index (χ4v) is 0.589. The molecule has 0 saturated carbocycles. The van der Waals surface area contributed by atoms with Crippen molar-refractivity contribution >= 4 is 14.3 Å². The Balaban J connectivity index is 0. The van der Waals surface area contributed by atoms with Crippen LogP contribution in [0.25, 0.3) is 6.08 Å². The van der Waals surface area contributed by atoms with Gasteiger partial charge in [-0.3, -0.25) is 0 Å². The van der Waals surface area contributed by atoms with Gasteiger partial charge >= 0.3 is 29.6 Å². The Bertz CT molecular complexity index is 247. The van der Waals surface area contributed by atoms with Crippen molar-refractivity contribution in [3.63, 3.8) is 0 Å². The van der Waals surface area contributed by atoms with Crippen molar-refractivity contribution in [2.45, 2.75) is 0 Å². The van der Waals surface area contributed by atoms with Crippen LogP contribution in [-0.2, 0) is 4.57 Å². The van der Waals surface area contributed by atoms with Crippen LogP contribution < -0.4 is 39.3 Å². The molecule has 0 bridgehead atoms. The molecule has 0 N–H and O–H groups in total. The van der Waals surface area contributed by atoms with E-state index in [9.17, 15) is 0 Å². The molecule has 0 atom stereocenters. The Morgan fingerprint density at radius 1 is 1.23 bits per heavy atom. The van der Waals surface area contributed by atoms with Gasteiger partial charge in [0.2, 0.25) is 0 Å². The SMILES string of the molecule is C=Cc1ccccc1.O=[P+]([O-])[O-].[Na+]. The van der Waals surface area contributed by atoms with E-state index < -0.39 is 8.25 Å². The molecule has 0 unspecified atom stereocenters. The first kappa shape index (κ1) is 15.5. The molecular formula is C8H8NaO3P. The molecule has 0 saturated heterocycles. The molecule has 64 valence electrons. The minimum atomic E-state index is -3.37. The molecule has 1 aromatic carbocycles. The van der Waals surface area contributed by atoms with E-state index in [1.165, 1.54) is 5.56 Å². The third-order valence-corrected chi connectivity index (χ3v) is 1.04. The van der Waals surface area contributed by atoms with Gasteiger partial charge < -0.3 is 9.79 Å². The predicted octanol–water partition coefficient (Wildman–Crippen LogP) is -2.30. The minimum Gasteiger partial charge on any atom is -0.598 e. The fourth-order valence-electron chi connectivity index (χ4n) is 0.589. The standard InChI is InChI=1S/C8H8.Na.HO3P/c1-2-8-6-4-3-5-7-8;;1-4(2)3/h2-7H,1H2;;(H,1,2,3)/q;+1;/p-1. The van der Waals surface area contributed by atoms with Crippen molar-refractivity contribution in [1.29, 1.82) is 0 Å². The monoisotopic (exact) mass is 206 g/mol. The fraction of sp³-hybridized carbons (Fsp3) is 0. The summed E-state index contributed by atoms with van der Waals surface area (Å²) in [6.07, 6.45) is 1.83. The van der Waals surface area contributed by atoms with Gasteiger partial charge in [0.15, 0.2) is 0 Å². The van der Waals surface area contributed by atoms with E-state index in [0.29, 0.717) is 0 Å². The summed E-state index contributed by atoms with van der Waals surface area (Å²) in [4.78, 5) is 17.0. The molecule has 0 aliphatic carbocycles. The van der Waals surface area contributed by atoms with E-state index in [0.717, 1.165) is 0 Å². The van der Waals surface area contributed by atoms with Gasteiger partial charge in [0.1, 0.15) is 0 Å². The van der Waals surface area contributed by atoms with Crippen LogP contribution in [0.15, 0.2) is 36.9 Å². The maximum absolute atomic E-state index is 8.48. The minimum absolute atomic E-state index is 0. The van der Waals surface area contributed by atoms with Gasteiger partial charge in [0.25, 0.3) is 8.25 Å². The van der Waals surface area contributed by atoms with Gasteiger partial charge in [0, 0.05) is 0 Å². The van der Waals surface area contributed by atoms with Gasteiger partial charge in [-0.15, -0.1) is 0 Å². The summed E-state index contributed by atoms with van der Waals surface area (Å²) in [6.45, 7) is 3.63. The van der Waals surface area contributed by atoms with Crippen LogP contribution in [0.4, 0.5) is 0 Å². The Morgan fingerprint density at radius 2 is 1.62 bits per heavy atom. The second-order valence-electron chi connectivity index (χ2n) is 1.84. The number of hydrogen-bond acceptors (Lipinski definition) is 3. The second kappa shape index (κ2) is 10.1. The van der Waals surface area contributed by atoms with Gasteiger partial charge in [-0.2, -0.15) is 0 Å². The van der Waals surface area contributed by atoms with Crippen LogP contribution in [0.5, 0.6) is 0 Å². The van der Waals surface area contributed by atoms with Crippen molar-refractivity contribution < 1.29 is 43.9 Å². The summed E-state index contributed by atoms with van der Waals surface area (Å²) in [6, 6.07) is 10.0. The normalized spacial score (nSPS) is 7.23. The molecular weight excluding hydrogens is 198 g/mol. The maximum Gasteiger partial charge on any atom is 1.00 e. The van der Waals surface area contributed by atoms with E-state index in [4.69, 9.17) is 14.4 Å². The zero-order valence-corrected chi connectivity index (χ0v) is 10.2. The molecule has 0 amide bonds. The van der Waals surface area contributed by atoms with Crippen LogP contribution >= 0.6 is 8.25 Å². The van der Waals surface area contributed by atoms with Gasteiger partial charge in [0.05, 0.1) is 0 Å². The molecule has 0 heterocycles. The number of benzene rings is 1. The number of rotatable bonds is 1. The molecule has 1 rings (SSSR count). The van der Waals surface area contributed by atoms with E-state index in [2.05, 4.69) is 6.58 Å². The summed E-state index contributed by atoms with van der Waals surface area (Å²) >= 11 is 0. The van der Waals surface area contributed by atoms with Crippen molar-refractivity contribution in [3.8, 4) is 0 Å². The van der Waals surface area contributed by atoms with Crippen molar-refractivity contribution in [1.82, 2.24) is 0 Å². The molecule has 5 heteroatoms. The van der Waals surface area contributed by atoms with Crippen LogP contribution in [0.3, 0.4) is 0 Å². The van der Waals surface area contributed by atoms with Crippen LogP contribution in [0.2, 0.25) is 0 Å². The van der Waals surface area contributed by atoms with Crippen molar-refractivity contribution in [2.75, 3.05) is 0 Å². The topological polar surface area (TPSA) is 63.2 Å². The predicted molar refractivity (Wildman–Crippen MR) is 44.1 cm³/mol. The first-order chi connectivity index (χ1) is 5.66. The smallest absolute Gasteiger partial charge is 0.598 e. The van der Waals surface area contributed by atoms with E-state index in [1.54, 1.807) is 0 Å². The van der Waals surface area contributed by atoms with Gasteiger partial charge in [-0.25, -0.2) is 0 Å². The summed E-state index contributed by atoms with van der Waals surface area (Å²) < 4.78 is 8.48. The Hall–Kier alpha value is -0.0200. The largest absolute Gasteiger partial charge is 1.00 e. The Kier molecular flexibility index (Phi) is 12.0. The molecule has 0 fully saturated rings. The first-order valence-electron chi connectivity index (χ1n) is 3.16. The summed E-state index contributed by atoms with van der Waals surface area (Å²) in [5, 5.41) is 0. The molecule has 0 radical (unpaired) electrons. The zero-order valence-electron chi connectivity index (χ0n) is 7.34. The average Bonchev–Trinajstić information content (AvgIpc) is 2.05. The molecule has 3 nitrogen and oxygen atoms in total. The quantitative estimate of drug-likeness (QED) is 0.383. The molecule has 13 heavy (non-hydrogen) atoms. The van der Waals surface area contributed by atoms with E-state index in [-0.39, 0.29) is 29.6 Å². The third-order valence-electron chi connectivity index (χ3n) is 1.04. The molecule has 0 aromatic heterocycles. The van der Waals surface area contributed by atoms with Gasteiger partial charge in [-0.1, -0.05) is 47.6 Å². The zero-order chi connectivity index (χ0) is 9.40. The van der Waals surface area contributed by atoms with Crippen molar-refractivity contribution in [2.24, 2.45) is 0 Å². The molecule has 0 aliphatic heterocycles. The van der Waals surface area contributed by atoms with E-state index in [1.807, 2.05) is 36.4 Å². The van der Waals surface area contributed by atoms with E-state index >= 15 is 0 Å². The molecule has 0 spiro atoms.